The number of hydrogen-bond acceptors (Lipinski definition) is 6. The second-order valence-corrected chi connectivity index (χ2v) is 7.47. The maximum absolute atomic E-state index is 8.36. The molecule has 0 aliphatic carbocycles. The summed E-state index contributed by atoms with van der Waals surface area (Å²) in [6.45, 7) is 11.8. The summed E-state index contributed by atoms with van der Waals surface area (Å²) in [4.78, 5) is 0. The van der Waals surface area contributed by atoms with Gasteiger partial charge in [0.05, 0.1) is 65.1 Å². The van der Waals surface area contributed by atoms with Crippen molar-refractivity contribution in [3.8, 4) is 0 Å². The van der Waals surface area contributed by atoms with Crippen molar-refractivity contribution in [1.29, 1.82) is 0 Å². The predicted molar refractivity (Wildman–Crippen MR) is 124 cm³/mol. The molecular weight excluding hydrogens is 384 g/mol. The van der Waals surface area contributed by atoms with E-state index in [0.29, 0.717) is 51.8 Å². The van der Waals surface area contributed by atoms with Gasteiger partial charge in [0, 0.05) is 0 Å². The average Bonchev–Trinajstić information content (AvgIpc) is 2.77. The van der Waals surface area contributed by atoms with Gasteiger partial charge < -0.3 is 29.2 Å². The van der Waals surface area contributed by atoms with Crippen LogP contribution in [0.1, 0.15) is 91.9 Å². The molecule has 6 nitrogen and oxygen atoms in total. The van der Waals surface area contributed by atoms with Gasteiger partial charge in [-0.3, -0.25) is 0 Å². The molecule has 0 heterocycles. The molecule has 0 bridgehead atoms. The van der Waals surface area contributed by atoms with E-state index in [9.17, 15) is 0 Å². The van der Waals surface area contributed by atoms with Crippen LogP contribution in [0.5, 0.6) is 0 Å². The average molecular weight is 437 g/mol. The van der Waals surface area contributed by atoms with Gasteiger partial charge in [-0.2, -0.15) is 0 Å². The van der Waals surface area contributed by atoms with Gasteiger partial charge in [0.2, 0.25) is 0 Å². The van der Waals surface area contributed by atoms with Crippen LogP contribution in [0.15, 0.2) is 0 Å². The molecule has 0 aromatic heterocycles. The Bertz CT molecular complexity index is 265. The summed E-state index contributed by atoms with van der Waals surface area (Å²) in [7, 11) is 0. The highest BCUT2D eigenvalue weighted by molar-refractivity contribution is 4.62. The van der Waals surface area contributed by atoms with Crippen LogP contribution in [0.2, 0.25) is 0 Å². The third kappa shape index (κ3) is 25.8. The highest BCUT2D eigenvalue weighted by atomic mass is 16.5. The third-order valence-electron chi connectivity index (χ3n) is 4.77. The van der Waals surface area contributed by atoms with Crippen LogP contribution in [0, 0.1) is 0 Å². The van der Waals surface area contributed by atoms with Crippen LogP contribution in [-0.2, 0) is 18.9 Å². The summed E-state index contributed by atoms with van der Waals surface area (Å²) in [5, 5.41) is 16.7. The molecule has 0 aliphatic heterocycles. The molecule has 0 spiro atoms. The van der Waals surface area contributed by atoms with Crippen molar-refractivity contribution in [2.45, 2.75) is 104 Å². The van der Waals surface area contributed by atoms with E-state index in [0.717, 1.165) is 0 Å². The lowest BCUT2D eigenvalue weighted by Crippen LogP contribution is -2.21. The molecule has 0 aromatic rings. The highest BCUT2D eigenvalue weighted by Crippen LogP contribution is 2.17. The minimum Gasteiger partial charge on any atom is -0.394 e. The smallest absolute Gasteiger partial charge is 0.0701 e. The van der Waals surface area contributed by atoms with Crippen molar-refractivity contribution in [1.82, 2.24) is 0 Å². The summed E-state index contributed by atoms with van der Waals surface area (Å²) in [5.74, 6) is 0. The summed E-state index contributed by atoms with van der Waals surface area (Å²) >= 11 is 0. The van der Waals surface area contributed by atoms with E-state index in [4.69, 9.17) is 29.2 Å². The Kier molecular flexibility index (Phi) is 30.6. The Balaban J connectivity index is 0. The van der Waals surface area contributed by atoms with Crippen molar-refractivity contribution < 1.29 is 29.2 Å². The number of unbranched alkanes of at least 4 members (excludes halogenated alkanes) is 4. The quantitative estimate of drug-likeness (QED) is 0.239. The molecule has 184 valence electrons. The number of aliphatic hydroxyl groups is 2. The van der Waals surface area contributed by atoms with Crippen LogP contribution in [0.4, 0.5) is 0 Å². The second-order valence-electron chi connectivity index (χ2n) is 7.47. The number of rotatable bonds is 22. The van der Waals surface area contributed by atoms with E-state index in [1.54, 1.807) is 0 Å². The van der Waals surface area contributed by atoms with E-state index in [-0.39, 0.29) is 13.2 Å². The fraction of sp³-hybridized carbons (Fsp3) is 1.00. The zero-order chi connectivity index (χ0) is 22.7. The molecule has 0 saturated carbocycles. The zero-order valence-corrected chi connectivity index (χ0v) is 20.4. The maximum Gasteiger partial charge on any atom is 0.0701 e. The molecule has 0 fully saturated rings. The largest absolute Gasteiger partial charge is 0.394 e. The molecule has 0 amide bonds. The summed E-state index contributed by atoms with van der Waals surface area (Å²) < 4.78 is 21.3. The monoisotopic (exact) mass is 436 g/mol. The molecule has 2 N–H and O–H groups in total. The van der Waals surface area contributed by atoms with E-state index >= 15 is 0 Å². The topological polar surface area (TPSA) is 77.4 Å². The Morgan fingerprint density at radius 1 is 0.533 bits per heavy atom. The van der Waals surface area contributed by atoms with Crippen molar-refractivity contribution in [2.24, 2.45) is 0 Å². The predicted octanol–water partition coefficient (Wildman–Crippen LogP) is 4.74. The normalized spacial score (nSPS) is 13.0. The Morgan fingerprint density at radius 3 is 1.20 bits per heavy atom. The molecule has 0 saturated heterocycles. The van der Waals surface area contributed by atoms with Crippen LogP contribution in [0.25, 0.3) is 0 Å². The highest BCUT2D eigenvalue weighted by Gasteiger charge is 2.13. The van der Waals surface area contributed by atoms with Gasteiger partial charge >= 0.3 is 0 Å². The first-order valence-electron chi connectivity index (χ1n) is 12.3. The van der Waals surface area contributed by atoms with Crippen LogP contribution >= 0.6 is 0 Å². The van der Waals surface area contributed by atoms with Crippen molar-refractivity contribution >= 4 is 0 Å². The lowest BCUT2D eigenvalue weighted by Gasteiger charge is -2.23. The van der Waals surface area contributed by atoms with Gasteiger partial charge in [0.15, 0.2) is 0 Å². The molecular formula is C24H52O6. The van der Waals surface area contributed by atoms with E-state index in [1.165, 1.54) is 64.2 Å². The summed E-state index contributed by atoms with van der Waals surface area (Å²) in [5.41, 5.74) is 0. The Morgan fingerprint density at radius 2 is 0.900 bits per heavy atom. The van der Waals surface area contributed by atoms with Gasteiger partial charge in [0.25, 0.3) is 0 Å². The lowest BCUT2D eigenvalue weighted by atomic mass is 10.1. The number of hydrogen-bond donors (Lipinski definition) is 2. The van der Waals surface area contributed by atoms with Gasteiger partial charge in [-0.1, -0.05) is 66.2 Å². The van der Waals surface area contributed by atoms with Crippen LogP contribution in [-0.4, -0.2) is 75.3 Å². The van der Waals surface area contributed by atoms with Gasteiger partial charge in [-0.25, -0.2) is 0 Å². The molecule has 2 atom stereocenters. The number of ether oxygens (including phenoxy) is 4. The second kappa shape index (κ2) is 28.8. The van der Waals surface area contributed by atoms with Gasteiger partial charge in [-0.05, 0) is 25.7 Å². The van der Waals surface area contributed by atoms with E-state index in [1.807, 2.05) is 0 Å². The molecule has 0 radical (unpaired) electrons. The minimum absolute atomic E-state index is 0.0413. The molecule has 2 unspecified atom stereocenters. The molecule has 6 heteroatoms. The molecule has 30 heavy (non-hydrogen) atoms. The lowest BCUT2D eigenvalue weighted by molar-refractivity contribution is -0.0256. The first-order valence-corrected chi connectivity index (χ1v) is 12.3. The first-order chi connectivity index (χ1) is 14.7. The van der Waals surface area contributed by atoms with Crippen molar-refractivity contribution in [3.05, 3.63) is 0 Å². The maximum atomic E-state index is 8.36. The SMILES string of the molecule is CCCCCC(CC)OC(CC)CCCCC.OCCOCCOCCOCCO. The van der Waals surface area contributed by atoms with Crippen LogP contribution in [0.3, 0.4) is 0 Å². The van der Waals surface area contributed by atoms with Gasteiger partial charge in [-0.15, -0.1) is 0 Å². The van der Waals surface area contributed by atoms with Crippen molar-refractivity contribution in [3.63, 3.8) is 0 Å². The van der Waals surface area contributed by atoms with E-state index < -0.39 is 0 Å². The molecule has 0 rings (SSSR count). The summed E-state index contributed by atoms with van der Waals surface area (Å²) in [6, 6.07) is 0. The standard InChI is InChI=1S/C16H34O.C8H18O5/c1-5-9-11-13-15(7-3)17-16(8-4)14-12-10-6-2;9-1-3-11-5-7-13-8-6-12-4-2-10/h15-16H,5-14H2,1-4H3;9-10H,1-8H2. The first kappa shape index (κ1) is 31.9. The fourth-order valence-electron chi connectivity index (χ4n) is 2.92. The summed E-state index contributed by atoms with van der Waals surface area (Å²) in [6.07, 6.45) is 13.9. The minimum atomic E-state index is 0.0413. The van der Waals surface area contributed by atoms with Crippen LogP contribution < -0.4 is 0 Å². The van der Waals surface area contributed by atoms with Crippen molar-refractivity contribution in [2.75, 3.05) is 52.9 Å². The third-order valence-corrected chi connectivity index (χ3v) is 4.77. The van der Waals surface area contributed by atoms with E-state index in [2.05, 4.69) is 27.7 Å². The van der Waals surface area contributed by atoms with Gasteiger partial charge in [0.1, 0.15) is 0 Å². The fourth-order valence-corrected chi connectivity index (χ4v) is 2.92. The molecule has 0 aromatic carbocycles. The Hall–Kier alpha value is -0.240. The molecule has 0 aliphatic rings. The number of aliphatic hydroxyl groups excluding tert-OH is 2. The Labute approximate surface area is 186 Å². The zero-order valence-electron chi connectivity index (χ0n) is 20.4.